The second-order valence-corrected chi connectivity index (χ2v) is 9.48. The number of carbonyl (C=O) groups is 2. The van der Waals surface area contributed by atoms with Gasteiger partial charge in [0.1, 0.15) is 0 Å². The third-order valence-corrected chi connectivity index (χ3v) is 7.30. The molecule has 1 N–H and O–H groups in total. The van der Waals surface area contributed by atoms with Crippen LogP contribution in [0, 0.1) is 23.2 Å². The van der Waals surface area contributed by atoms with Gasteiger partial charge in [0, 0.05) is 13.6 Å². The summed E-state index contributed by atoms with van der Waals surface area (Å²) in [5.74, 6) is 1.82. The molecule has 0 aromatic heterocycles. The van der Waals surface area contributed by atoms with Gasteiger partial charge in [-0.15, -0.1) is 0 Å². The van der Waals surface area contributed by atoms with Crippen LogP contribution in [0.2, 0.25) is 0 Å². The lowest BCUT2D eigenvalue weighted by atomic mass is 9.49. The van der Waals surface area contributed by atoms with Crippen LogP contribution in [-0.4, -0.2) is 47.7 Å². The molecule has 5 aliphatic rings. The number of rotatable bonds is 5. The van der Waals surface area contributed by atoms with Gasteiger partial charge in [-0.3, -0.25) is 4.79 Å². The first kappa shape index (κ1) is 17.3. The highest BCUT2D eigenvalue weighted by atomic mass is 16.6. The lowest BCUT2D eigenvalue weighted by Gasteiger charge is -2.57. The van der Waals surface area contributed by atoms with Gasteiger partial charge in [-0.2, -0.15) is 0 Å². The first-order valence-corrected chi connectivity index (χ1v) is 10.0. The lowest BCUT2D eigenvalue weighted by Crippen LogP contribution is -2.52. The van der Waals surface area contributed by atoms with Crippen LogP contribution in [0.4, 0.5) is 0 Å². The Kier molecular flexibility index (Phi) is 4.33. The van der Waals surface area contributed by atoms with Crippen molar-refractivity contribution >= 4 is 11.9 Å². The van der Waals surface area contributed by atoms with E-state index in [1.807, 2.05) is 7.05 Å². The zero-order chi connectivity index (χ0) is 17.7. The Morgan fingerprint density at radius 3 is 2.08 bits per heavy atom. The Morgan fingerprint density at radius 1 is 1.04 bits per heavy atom. The van der Waals surface area contributed by atoms with E-state index >= 15 is 0 Å². The number of ether oxygens (including phenoxy) is 1. The number of carbonyl (C=O) groups excluding carboxylic acids is 2. The van der Waals surface area contributed by atoms with Gasteiger partial charge in [0.05, 0.1) is 0 Å². The molecule has 5 aliphatic carbocycles. The maximum atomic E-state index is 12.5. The number of nitrogens with zero attached hydrogens (tertiary/aromatic N) is 1. The van der Waals surface area contributed by atoms with Crippen LogP contribution < -0.4 is 0 Å². The van der Waals surface area contributed by atoms with Crippen molar-refractivity contribution in [2.24, 2.45) is 23.2 Å². The predicted octanol–water partition coefficient (Wildman–Crippen LogP) is 2.51. The van der Waals surface area contributed by atoms with Crippen LogP contribution in [0.5, 0.6) is 0 Å². The average molecular weight is 349 g/mol. The van der Waals surface area contributed by atoms with E-state index in [4.69, 9.17) is 4.74 Å². The maximum Gasteiger partial charge on any atom is 0.338 e. The fourth-order valence-corrected chi connectivity index (χ4v) is 6.61. The Labute approximate surface area is 150 Å². The average Bonchev–Trinajstić information content (AvgIpc) is 2.98. The Bertz CT molecular complexity index is 517. The summed E-state index contributed by atoms with van der Waals surface area (Å²) in [4.78, 5) is 26.3. The summed E-state index contributed by atoms with van der Waals surface area (Å²) >= 11 is 0. The molecule has 0 spiro atoms. The molecule has 0 radical (unpaired) electrons. The smallest absolute Gasteiger partial charge is 0.338 e. The largest absolute Gasteiger partial charge is 0.453 e. The Balaban J connectivity index is 1.30. The van der Waals surface area contributed by atoms with E-state index in [1.165, 1.54) is 38.5 Å². The van der Waals surface area contributed by atoms with Gasteiger partial charge in [0.25, 0.3) is 5.91 Å². The first-order valence-electron chi connectivity index (χ1n) is 10.0. The molecule has 25 heavy (non-hydrogen) atoms. The van der Waals surface area contributed by atoms with Gasteiger partial charge >= 0.3 is 5.97 Å². The van der Waals surface area contributed by atoms with Crippen molar-refractivity contribution in [3.05, 3.63) is 0 Å². The molecule has 5 fully saturated rings. The molecule has 5 saturated carbocycles. The summed E-state index contributed by atoms with van der Waals surface area (Å²) in [6.45, 7) is 0.543. The summed E-state index contributed by atoms with van der Waals surface area (Å²) < 4.78 is 5.15. The van der Waals surface area contributed by atoms with Crippen molar-refractivity contribution < 1.29 is 19.4 Å². The highest BCUT2D eigenvalue weighted by Crippen LogP contribution is 2.60. The van der Waals surface area contributed by atoms with Gasteiger partial charge < -0.3 is 14.7 Å². The third-order valence-electron chi connectivity index (χ3n) is 7.30. The molecule has 4 bridgehead atoms. The van der Waals surface area contributed by atoms with Crippen LogP contribution >= 0.6 is 0 Å². The molecular weight excluding hydrogens is 318 g/mol. The number of amides is 1. The molecule has 0 aliphatic heterocycles. The molecule has 5 rings (SSSR count). The highest BCUT2D eigenvalue weighted by molar-refractivity contribution is 5.84. The van der Waals surface area contributed by atoms with Crippen molar-refractivity contribution in [1.29, 1.82) is 0 Å². The summed E-state index contributed by atoms with van der Waals surface area (Å²) in [5, 5.41) is 10.2. The van der Waals surface area contributed by atoms with E-state index in [9.17, 15) is 14.7 Å². The zero-order valence-electron chi connectivity index (χ0n) is 15.3. The summed E-state index contributed by atoms with van der Waals surface area (Å²) in [6, 6.07) is 0. The van der Waals surface area contributed by atoms with E-state index in [1.54, 1.807) is 4.90 Å². The SMILES string of the molecule is CN(CC12CC3CC(CC(C3)C1)C2)C(=O)COC(=O)C1(O)CCCC1. The molecule has 0 saturated heterocycles. The van der Waals surface area contributed by atoms with Crippen molar-refractivity contribution in [1.82, 2.24) is 4.90 Å². The van der Waals surface area contributed by atoms with E-state index in [-0.39, 0.29) is 12.5 Å². The van der Waals surface area contributed by atoms with Crippen LogP contribution in [0.1, 0.15) is 64.2 Å². The molecule has 0 aromatic rings. The monoisotopic (exact) mass is 349 g/mol. The van der Waals surface area contributed by atoms with Gasteiger partial charge in [-0.05, 0) is 87.4 Å². The third kappa shape index (κ3) is 3.32. The summed E-state index contributed by atoms with van der Waals surface area (Å²) in [5.41, 5.74) is -1.06. The van der Waals surface area contributed by atoms with Crippen LogP contribution in [0.15, 0.2) is 0 Å². The number of esters is 1. The fraction of sp³-hybridized carbons (Fsp3) is 0.900. The molecule has 0 unspecified atom stereocenters. The van der Waals surface area contributed by atoms with Crippen molar-refractivity contribution in [3.8, 4) is 0 Å². The number of likely N-dealkylation sites (N-methyl/N-ethyl adjacent to an activating group) is 1. The van der Waals surface area contributed by atoms with Crippen LogP contribution in [0.3, 0.4) is 0 Å². The Morgan fingerprint density at radius 2 is 1.56 bits per heavy atom. The molecular formula is C20H31NO4. The number of aliphatic hydroxyl groups is 1. The van der Waals surface area contributed by atoms with E-state index in [0.29, 0.717) is 18.3 Å². The van der Waals surface area contributed by atoms with E-state index in [0.717, 1.165) is 37.1 Å². The highest BCUT2D eigenvalue weighted by Gasteiger charge is 2.51. The van der Waals surface area contributed by atoms with E-state index < -0.39 is 11.6 Å². The molecule has 140 valence electrons. The van der Waals surface area contributed by atoms with E-state index in [2.05, 4.69) is 0 Å². The maximum absolute atomic E-state index is 12.5. The summed E-state index contributed by atoms with van der Waals surface area (Å²) in [7, 11) is 1.83. The normalized spacial score (nSPS) is 37.9. The fourth-order valence-electron chi connectivity index (χ4n) is 6.61. The predicted molar refractivity (Wildman–Crippen MR) is 92.6 cm³/mol. The minimum absolute atomic E-state index is 0.148. The standard InChI is InChI=1S/C20H31NO4/c1-21(17(22)12-25-18(23)20(24)4-2-3-5-20)13-19-9-14-6-15(10-19)8-16(7-14)11-19/h14-16,24H,2-13H2,1H3. The number of hydrogen-bond donors (Lipinski definition) is 1. The summed E-state index contributed by atoms with van der Waals surface area (Å²) in [6.07, 6.45) is 10.5. The lowest BCUT2D eigenvalue weighted by molar-refractivity contribution is -0.169. The molecule has 5 heteroatoms. The molecule has 1 amide bonds. The quantitative estimate of drug-likeness (QED) is 0.775. The topological polar surface area (TPSA) is 66.8 Å². The van der Waals surface area contributed by atoms with Crippen molar-refractivity contribution in [2.45, 2.75) is 69.8 Å². The minimum atomic E-state index is -1.36. The van der Waals surface area contributed by atoms with Crippen molar-refractivity contribution in [2.75, 3.05) is 20.2 Å². The molecule has 0 atom stereocenters. The molecule has 0 heterocycles. The van der Waals surface area contributed by atoms with Gasteiger partial charge in [-0.1, -0.05) is 0 Å². The van der Waals surface area contributed by atoms with Gasteiger partial charge in [0.15, 0.2) is 12.2 Å². The van der Waals surface area contributed by atoms with Crippen molar-refractivity contribution in [3.63, 3.8) is 0 Å². The molecule has 0 aromatic carbocycles. The van der Waals surface area contributed by atoms with Gasteiger partial charge in [-0.25, -0.2) is 4.79 Å². The Hall–Kier alpha value is -1.10. The van der Waals surface area contributed by atoms with Crippen LogP contribution in [-0.2, 0) is 14.3 Å². The minimum Gasteiger partial charge on any atom is -0.453 e. The molecule has 5 nitrogen and oxygen atoms in total. The first-order chi connectivity index (χ1) is 11.9. The second-order valence-electron chi connectivity index (χ2n) is 9.48. The number of hydrogen-bond acceptors (Lipinski definition) is 4. The second kappa shape index (κ2) is 6.26. The van der Waals surface area contributed by atoms with Crippen LogP contribution in [0.25, 0.3) is 0 Å². The van der Waals surface area contributed by atoms with Gasteiger partial charge in [0.2, 0.25) is 0 Å². The zero-order valence-corrected chi connectivity index (χ0v) is 15.3.